The van der Waals surface area contributed by atoms with Gasteiger partial charge in [0.25, 0.3) is 0 Å². The lowest BCUT2D eigenvalue weighted by Crippen LogP contribution is -2.03. The highest BCUT2D eigenvalue weighted by atomic mass is 16.4. The van der Waals surface area contributed by atoms with Gasteiger partial charge >= 0.3 is 5.97 Å². The second-order valence-corrected chi connectivity index (χ2v) is 4.00. The molecule has 2 heterocycles. The van der Waals surface area contributed by atoms with Gasteiger partial charge in [0, 0.05) is 18.0 Å². The number of carboxylic acid groups (broad SMARTS) is 1. The summed E-state index contributed by atoms with van der Waals surface area (Å²) in [6.45, 7) is 3.81. The average molecular weight is 219 g/mol. The van der Waals surface area contributed by atoms with E-state index in [1.165, 1.54) is 0 Å². The molecule has 0 spiro atoms. The number of hydrogen-bond acceptors (Lipinski definition) is 3. The number of aryl methyl sites for hydroxylation is 1. The lowest BCUT2D eigenvalue weighted by Gasteiger charge is -2.05. The van der Waals surface area contributed by atoms with Crippen molar-refractivity contribution in [2.24, 2.45) is 0 Å². The minimum atomic E-state index is -0.807. The van der Waals surface area contributed by atoms with E-state index in [1.54, 1.807) is 16.9 Å². The van der Waals surface area contributed by atoms with Crippen molar-refractivity contribution >= 4 is 11.6 Å². The van der Waals surface area contributed by atoms with Gasteiger partial charge in [0.15, 0.2) is 5.65 Å². The Morgan fingerprint density at radius 3 is 3.00 bits per heavy atom. The minimum Gasteiger partial charge on any atom is -0.481 e. The van der Waals surface area contributed by atoms with Crippen molar-refractivity contribution in [2.45, 2.75) is 26.2 Å². The second kappa shape index (κ2) is 3.92. The van der Waals surface area contributed by atoms with Crippen LogP contribution in [0.5, 0.6) is 0 Å². The van der Waals surface area contributed by atoms with Crippen molar-refractivity contribution in [3.8, 4) is 0 Å². The second-order valence-electron chi connectivity index (χ2n) is 4.00. The van der Waals surface area contributed by atoms with E-state index in [9.17, 15) is 4.79 Å². The summed E-state index contributed by atoms with van der Waals surface area (Å²) < 4.78 is 1.68. The maximum absolute atomic E-state index is 10.6. The van der Waals surface area contributed by atoms with Crippen LogP contribution in [0.25, 0.3) is 5.65 Å². The van der Waals surface area contributed by atoms with E-state index in [4.69, 9.17) is 5.11 Å². The van der Waals surface area contributed by atoms with E-state index >= 15 is 0 Å². The fourth-order valence-electron chi connectivity index (χ4n) is 1.71. The van der Waals surface area contributed by atoms with Crippen molar-refractivity contribution in [2.75, 3.05) is 0 Å². The molecule has 0 saturated carbocycles. The molecule has 0 aliphatic carbocycles. The van der Waals surface area contributed by atoms with Gasteiger partial charge in [-0.15, -0.1) is 0 Å². The molecule has 0 aliphatic heterocycles. The maximum atomic E-state index is 10.6. The third-order valence-electron chi connectivity index (χ3n) is 2.52. The molecule has 2 aromatic rings. The highest BCUT2D eigenvalue weighted by molar-refractivity contribution is 5.68. The number of carbonyl (C=O) groups is 1. The number of carboxylic acids is 1. The first kappa shape index (κ1) is 10.6. The summed E-state index contributed by atoms with van der Waals surface area (Å²) in [4.78, 5) is 14.9. The van der Waals surface area contributed by atoms with Crippen molar-refractivity contribution < 1.29 is 9.90 Å². The Balaban J connectivity index is 2.41. The molecule has 1 unspecified atom stereocenters. The Morgan fingerprint density at radius 2 is 2.31 bits per heavy atom. The first-order valence-electron chi connectivity index (χ1n) is 5.09. The van der Waals surface area contributed by atoms with E-state index in [2.05, 4.69) is 10.1 Å². The van der Waals surface area contributed by atoms with Gasteiger partial charge in [-0.3, -0.25) is 4.79 Å². The quantitative estimate of drug-likeness (QED) is 0.851. The van der Waals surface area contributed by atoms with Crippen molar-refractivity contribution in [3.05, 3.63) is 29.7 Å². The molecule has 84 valence electrons. The zero-order valence-corrected chi connectivity index (χ0v) is 9.21. The molecule has 2 rings (SSSR count). The fourth-order valence-corrected chi connectivity index (χ4v) is 1.71. The monoisotopic (exact) mass is 219 g/mol. The minimum absolute atomic E-state index is 0.0785. The standard InChI is InChI=1S/C11H13N3O2/c1-7-4-12-11-9(5-13-14(11)6-7)8(2)3-10(15)16/h4-6,8H,3H2,1-2H3,(H,15,16). The molecular weight excluding hydrogens is 206 g/mol. The Kier molecular flexibility index (Phi) is 2.60. The number of nitrogens with zero attached hydrogens (tertiary/aromatic N) is 3. The van der Waals surface area contributed by atoms with Crippen LogP contribution in [0.1, 0.15) is 30.4 Å². The number of rotatable bonds is 3. The van der Waals surface area contributed by atoms with E-state index in [0.29, 0.717) is 0 Å². The summed E-state index contributed by atoms with van der Waals surface area (Å²) in [6, 6.07) is 0. The highest BCUT2D eigenvalue weighted by Gasteiger charge is 2.15. The molecule has 0 saturated heterocycles. The molecule has 0 amide bonds. The van der Waals surface area contributed by atoms with Crippen LogP contribution in [0, 0.1) is 6.92 Å². The van der Waals surface area contributed by atoms with Gasteiger partial charge in [0.05, 0.1) is 12.6 Å². The lowest BCUT2D eigenvalue weighted by molar-refractivity contribution is -0.137. The van der Waals surface area contributed by atoms with Gasteiger partial charge in [0.2, 0.25) is 0 Å². The summed E-state index contributed by atoms with van der Waals surface area (Å²) in [5, 5.41) is 12.9. The van der Waals surface area contributed by atoms with Crippen LogP contribution in [0.15, 0.2) is 18.6 Å². The molecule has 0 radical (unpaired) electrons. The Labute approximate surface area is 92.7 Å². The third kappa shape index (κ3) is 1.88. The first-order chi connectivity index (χ1) is 7.58. The Hall–Kier alpha value is -1.91. The van der Waals surface area contributed by atoms with Crippen LogP contribution in [0.3, 0.4) is 0 Å². The average Bonchev–Trinajstić information content (AvgIpc) is 2.59. The number of aliphatic carboxylic acids is 1. The molecule has 5 nitrogen and oxygen atoms in total. The zero-order chi connectivity index (χ0) is 11.7. The van der Waals surface area contributed by atoms with E-state index < -0.39 is 5.97 Å². The largest absolute Gasteiger partial charge is 0.481 e. The molecule has 1 atom stereocenters. The normalized spacial score (nSPS) is 12.9. The van der Waals surface area contributed by atoms with Crippen LogP contribution in [0.2, 0.25) is 0 Å². The number of hydrogen-bond donors (Lipinski definition) is 1. The van der Waals surface area contributed by atoms with Crippen molar-refractivity contribution in [3.63, 3.8) is 0 Å². The van der Waals surface area contributed by atoms with Gasteiger partial charge in [-0.05, 0) is 18.4 Å². The Morgan fingerprint density at radius 1 is 1.56 bits per heavy atom. The van der Waals surface area contributed by atoms with E-state index in [-0.39, 0.29) is 12.3 Å². The molecule has 0 bridgehead atoms. The van der Waals surface area contributed by atoms with Gasteiger partial charge < -0.3 is 5.11 Å². The highest BCUT2D eigenvalue weighted by Crippen LogP contribution is 2.22. The van der Waals surface area contributed by atoms with Crippen molar-refractivity contribution in [1.29, 1.82) is 0 Å². The number of fused-ring (bicyclic) bond motifs is 1. The van der Waals surface area contributed by atoms with Crippen LogP contribution >= 0.6 is 0 Å². The van der Waals surface area contributed by atoms with Crippen LogP contribution in [-0.2, 0) is 4.79 Å². The number of aromatic nitrogens is 3. The summed E-state index contributed by atoms with van der Waals surface area (Å²) in [5.74, 6) is -0.885. The molecule has 5 heteroatoms. The molecule has 16 heavy (non-hydrogen) atoms. The van der Waals surface area contributed by atoms with Gasteiger partial charge in [-0.25, -0.2) is 9.50 Å². The fraction of sp³-hybridized carbons (Fsp3) is 0.364. The SMILES string of the molecule is Cc1cnc2c(C(C)CC(=O)O)cnn2c1. The topological polar surface area (TPSA) is 67.5 Å². The summed E-state index contributed by atoms with van der Waals surface area (Å²) in [7, 11) is 0. The summed E-state index contributed by atoms with van der Waals surface area (Å²) in [6.07, 6.45) is 5.42. The summed E-state index contributed by atoms with van der Waals surface area (Å²) in [5.41, 5.74) is 2.63. The van der Waals surface area contributed by atoms with E-state index in [1.807, 2.05) is 20.0 Å². The first-order valence-corrected chi connectivity index (χ1v) is 5.09. The maximum Gasteiger partial charge on any atom is 0.303 e. The Bertz CT molecular complexity index is 533. The lowest BCUT2D eigenvalue weighted by atomic mass is 10.0. The van der Waals surface area contributed by atoms with Crippen molar-refractivity contribution in [1.82, 2.24) is 14.6 Å². The molecule has 0 fully saturated rings. The van der Waals surface area contributed by atoms with Crippen LogP contribution in [0.4, 0.5) is 0 Å². The smallest absolute Gasteiger partial charge is 0.303 e. The zero-order valence-electron chi connectivity index (χ0n) is 9.21. The van der Waals surface area contributed by atoms with E-state index in [0.717, 1.165) is 16.8 Å². The molecule has 0 aliphatic rings. The predicted octanol–water partition coefficient (Wildman–Crippen LogP) is 1.62. The van der Waals surface area contributed by atoms with Crippen LogP contribution < -0.4 is 0 Å². The van der Waals surface area contributed by atoms with Crippen LogP contribution in [-0.4, -0.2) is 25.7 Å². The molecule has 1 N–H and O–H groups in total. The molecule has 0 aromatic carbocycles. The molecule has 2 aromatic heterocycles. The van der Waals surface area contributed by atoms with Gasteiger partial charge in [-0.2, -0.15) is 5.10 Å². The molecular formula is C11H13N3O2. The van der Waals surface area contributed by atoms with Gasteiger partial charge in [-0.1, -0.05) is 6.92 Å². The third-order valence-corrected chi connectivity index (χ3v) is 2.52. The van der Waals surface area contributed by atoms with Gasteiger partial charge in [0.1, 0.15) is 0 Å². The predicted molar refractivity (Wildman–Crippen MR) is 58.4 cm³/mol. The summed E-state index contributed by atoms with van der Waals surface area (Å²) >= 11 is 0.